The van der Waals surface area contributed by atoms with E-state index >= 15 is 0 Å². The predicted molar refractivity (Wildman–Crippen MR) is 91.7 cm³/mol. The standard InChI is InChI=1S/C19H28N2O2/c22-18(23)12-8-15-5-3-14(4-6-15)7-10-17-11-9-16-2-1-13-20-19(16)21-17/h9,11,14-15H,1-8,10,12-13H2,(H,20,21)(H,22,23). The highest BCUT2D eigenvalue weighted by Crippen LogP contribution is 2.34. The zero-order chi connectivity index (χ0) is 16.1. The molecule has 0 bridgehead atoms. The Morgan fingerprint density at radius 3 is 2.65 bits per heavy atom. The summed E-state index contributed by atoms with van der Waals surface area (Å²) in [6.07, 6.45) is 10.8. The highest BCUT2D eigenvalue weighted by molar-refractivity contribution is 5.66. The van der Waals surface area contributed by atoms with Gasteiger partial charge >= 0.3 is 5.97 Å². The van der Waals surface area contributed by atoms with E-state index in [1.54, 1.807) is 0 Å². The fourth-order valence-corrected chi connectivity index (χ4v) is 4.00. The highest BCUT2D eigenvalue weighted by Gasteiger charge is 2.21. The molecular weight excluding hydrogens is 288 g/mol. The summed E-state index contributed by atoms with van der Waals surface area (Å²) in [6.45, 7) is 1.05. The van der Waals surface area contributed by atoms with Crippen LogP contribution in [0.3, 0.4) is 0 Å². The molecule has 0 saturated heterocycles. The van der Waals surface area contributed by atoms with Crippen LogP contribution in [0.25, 0.3) is 0 Å². The fourth-order valence-electron chi connectivity index (χ4n) is 4.00. The molecule has 1 aliphatic carbocycles. The van der Waals surface area contributed by atoms with Crippen LogP contribution in [-0.2, 0) is 17.6 Å². The zero-order valence-corrected chi connectivity index (χ0v) is 13.9. The van der Waals surface area contributed by atoms with Crippen LogP contribution in [0.1, 0.15) is 62.6 Å². The van der Waals surface area contributed by atoms with Crippen LogP contribution >= 0.6 is 0 Å². The molecule has 1 saturated carbocycles. The number of hydrogen-bond acceptors (Lipinski definition) is 3. The first-order chi connectivity index (χ1) is 11.2. The zero-order valence-electron chi connectivity index (χ0n) is 13.9. The second-order valence-electron chi connectivity index (χ2n) is 7.20. The number of anilines is 1. The molecule has 2 N–H and O–H groups in total. The smallest absolute Gasteiger partial charge is 0.303 e. The molecule has 1 aliphatic heterocycles. The minimum Gasteiger partial charge on any atom is -0.481 e. The van der Waals surface area contributed by atoms with E-state index in [2.05, 4.69) is 17.4 Å². The van der Waals surface area contributed by atoms with Gasteiger partial charge < -0.3 is 10.4 Å². The van der Waals surface area contributed by atoms with Crippen LogP contribution in [-0.4, -0.2) is 22.6 Å². The maximum absolute atomic E-state index is 10.7. The molecule has 4 heteroatoms. The van der Waals surface area contributed by atoms with E-state index in [0.717, 1.165) is 37.5 Å². The molecule has 0 unspecified atom stereocenters. The van der Waals surface area contributed by atoms with E-state index in [9.17, 15) is 4.79 Å². The number of hydrogen-bond donors (Lipinski definition) is 2. The molecular formula is C19H28N2O2. The molecule has 3 rings (SSSR count). The SMILES string of the molecule is O=C(O)CCC1CCC(CCc2ccc3c(n2)NCCC3)CC1. The van der Waals surface area contributed by atoms with Gasteiger partial charge in [-0.05, 0) is 55.6 Å². The number of carboxylic acids is 1. The average molecular weight is 316 g/mol. The van der Waals surface area contributed by atoms with Crippen LogP contribution in [0.5, 0.6) is 0 Å². The molecule has 0 atom stereocenters. The summed E-state index contributed by atoms with van der Waals surface area (Å²) in [7, 11) is 0. The number of aromatic nitrogens is 1. The first-order valence-electron chi connectivity index (χ1n) is 9.15. The van der Waals surface area contributed by atoms with Gasteiger partial charge in [0.05, 0.1) is 0 Å². The summed E-state index contributed by atoms with van der Waals surface area (Å²) in [5, 5.41) is 12.2. The van der Waals surface area contributed by atoms with E-state index < -0.39 is 5.97 Å². The van der Waals surface area contributed by atoms with Gasteiger partial charge in [-0.2, -0.15) is 0 Å². The third kappa shape index (κ3) is 4.69. The number of pyridine rings is 1. The van der Waals surface area contributed by atoms with Gasteiger partial charge in [0.2, 0.25) is 0 Å². The van der Waals surface area contributed by atoms with E-state index in [1.807, 2.05) is 0 Å². The van der Waals surface area contributed by atoms with Crippen molar-refractivity contribution in [1.82, 2.24) is 4.98 Å². The van der Waals surface area contributed by atoms with Gasteiger partial charge in [0.25, 0.3) is 0 Å². The Morgan fingerprint density at radius 1 is 1.17 bits per heavy atom. The topological polar surface area (TPSA) is 62.2 Å². The number of carbonyl (C=O) groups is 1. The Balaban J connectivity index is 1.42. The van der Waals surface area contributed by atoms with Crippen molar-refractivity contribution < 1.29 is 9.90 Å². The van der Waals surface area contributed by atoms with Crippen molar-refractivity contribution in [2.24, 2.45) is 11.8 Å². The molecule has 0 radical (unpaired) electrons. The lowest BCUT2D eigenvalue weighted by Crippen LogP contribution is -2.17. The molecule has 0 spiro atoms. The van der Waals surface area contributed by atoms with Crippen LogP contribution in [0, 0.1) is 11.8 Å². The monoisotopic (exact) mass is 316 g/mol. The highest BCUT2D eigenvalue weighted by atomic mass is 16.4. The Hall–Kier alpha value is -1.58. The van der Waals surface area contributed by atoms with Crippen molar-refractivity contribution in [2.75, 3.05) is 11.9 Å². The lowest BCUT2D eigenvalue weighted by molar-refractivity contribution is -0.137. The molecule has 0 amide bonds. The van der Waals surface area contributed by atoms with Gasteiger partial charge in [-0.25, -0.2) is 4.98 Å². The molecule has 2 aliphatic rings. The first kappa shape index (κ1) is 16.3. The van der Waals surface area contributed by atoms with Gasteiger partial charge in [0, 0.05) is 18.7 Å². The number of nitrogens with one attached hydrogen (secondary N) is 1. The minimum atomic E-state index is -0.654. The van der Waals surface area contributed by atoms with Gasteiger partial charge in [0.15, 0.2) is 0 Å². The molecule has 1 fully saturated rings. The molecule has 2 heterocycles. The van der Waals surface area contributed by atoms with Crippen molar-refractivity contribution >= 4 is 11.8 Å². The van der Waals surface area contributed by atoms with Crippen LogP contribution in [0.4, 0.5) is 5.82 Å². The summed E-state index contributed by atoms with van der Waals surface area (Å²) in [6, 6.07) is 4.44. The lowest BCUT2D eigenvalue weighted by Gasteiger charge is -2.28. The summed E-state index contributed by atoms with van der Waals surface area (Å²) in [4.78, 5) is 15.4. The first-order valence-corrected chi connectivity index (χ1v) is 9.15. The number of rotatable bonds is 6. The van der Waals surface area contributed by atoms with E-state index in [4.69, 9.17) is 10.1 Å². The van der Waals surface area contributed by atoms with E-state index in [1.165, 1.54) is 49.8 Å². The van der Waals surface area contributed by atoms with Crippen LogP contribution < -0.4 is 5.32 Å². The Bertz CT molecular complexity index is 536. The lowest BCUT2D eigenvalue weighted by atomic mass is 9.78. The third-order valence-electron chi connectivity index (χ3n) is 5.49. The summed E-state index contributed by atoms with van der Waals surface area (Å²) in [5.74, 6) is 1.88. The largest absolute Gasteiger partial charge is 0.481 e. The Labute approximate surface area is 138 Å². The number of aliphatic carboxylic acids is 1. The predicted octanol–water partition coefficient (Wildman–Crippen LogP) is 4.04. The Kier molecular flexibility index (Phi) is 5.52. The molecule has 126 valence electrons. The van der Waals surface area contributed by atoms with Gasteiger partial charge in [-0.3, -0.25) is 4.79 Å². The second-order valence-corrected chi connectivity index (χ2v) is 7.20. The fraction of sp³-hybridized carbons (Fsp3) is 0.684. The number of carboxylic acid groups (broad SMARTS) is 1. The van der Waals surface area contributed by atoms with Crippen molar-refractivity contribution in [3.8, 4) is 0 Å². The van der Waals surface area contributed by atoms with Crippen molar-refractivity contribution in [1.29, 1.82) is 0 Å². The van der Waals surface area contributed by atoms with Crippen molar-refractivity contribution in [3.05, 3.63) is 23.4 Å². The number of fused-ring (bicyclic) bond motifs is 1. The summed E-state index contributed by atoms with van der Waals surface area (Å²) >= 11 is 0. The van der Waals surface area contributed by atoms with Crippen molar-refractivity contribution in [3.63, 3.8) is 0 Å². The maximum atomic E-state index is 10.7. The van der Waals surface area contributed by atoms with Gasteiger partial charge in [-0.1, -0.05) is 31.7 Å². The van der Waals surface area contributed by atoms with Gasteiger partial charge in [0.1, 0.15) is 5.82 Å². The van der Waals surface area contributed by atoms with Crippen LogP contribution in [0.2, 0.25) is 0 Å². The maximum Gasteiger partial charge on any atom is 0.303 e. The minimum absolute atomic E-state index is 0.335. The molecule has 1 aromatic rings. The Morgan fingerprint density at radius 2 is 1.91 bits per heavy atom. The summed E-state index contributed by atoms with van der Waals surface area (Å²) in [5.41, 5.74) is 2.57. The summed E-state index contributed by atoms with van der Waals surface area (Å²) < 4.78 is 0. The average Bonchev–Trinajstić information content (AvgIpc) is 2.59. The third-order valence-corrected chi connectivity index (χ3v) is 5.49. The van der Waals surface area contributed by atoms with Crippen LogP contribution in [0.15, 0.2) is 12.1 Å². The molecule has 1 aromatic heterocycles. The second kappa shape index (κ2) is 7.80. The van der Waals surface area contributed by atoms with Gasteiger partial charge in [-0.15, -0.1) is 0 Å². The van der Waals surface area contributed by atoms with Crippen molar-refractivity contribution in [2.45, 2.75) is 64.2 Å². The molecule has 23 heavy (non-hydrogen) atoms. The quantitative estimate of drug-likeness (QED) is 0.831. The number of nitrogens with zero attached hydrogens (tertiary/aromatic N) is 1. The molecule has 4 nitrogen and oxygen atoms in total. The van der Waals surface area contributed by atoms with E-state index in [0.29, 0.717) is 12.3 Å². The molecule has 0 aromatic carbocycles. The normalized spacial score (nSPS) is 23.8. The van der Waals surface area contributed by atoms with E-state index in [-0.39, 0.29) is 0 Å². The number of aryl methyl sites for hydroxylation is 2.